The Balaban J connectivity index is 1.38. The molecule has 7 heteroatoms. The number of likely N-dealkylation sites (tertiary alicyclic amines) is 1. The largest absolute Gasteiger partial charge is 0.353 e. The van der Waals surface area contributed by atoms with E-state index in [0.717, 1.165) is 62.6 Å². The maximum Gasteiger partial charge on any atom is 0.236 e. The second-order valence-electron chi connectivity index (χ2n) is 7.68. The SMILES string of the molecule is CCc1cc2c(N3CCN(CC(=O)N4CCCCC4C)CC3)ncnc2s1. The van der Waals surface area contributed by atoms with Crippen LogP contribution >= 0.6 is 11.3 Å². The molecule has 4 heterocycles. The van der Waals surface area contributed by atoms with Crippen molar-refractivity contribution in [3.63, 3.8) is 0 Å². The van der Waals surface area contributed by atoms with E-state index in [4.69, 9.17) is 0 Å². The Labute approximate surface area is 165 Å². The van der Waals surface area contributed by atoms with Crippen LogP contribution in [-0.4, -0.2) is 71.0 Å². The lowest BCUT2D eigenvalue weighted by Crippen LogP contribution is -2.52. The molecule has 6 nitrogen and oxygen atoms in total. The van der Waals surface area contributed by atoms with Gasteiger partial charge in [0.1, 0.15) is 17.0 Å². The molecule has 0 spiro atoms. The standard InChI is InChI=1S/C20H29N5OS/c1-3-16-12-17-19(21-14-22-20(17)27-16)24-10-8-23(9-11-24)13-18(26)25-7-5-4-6-15(25)2/h12,14-15H,3-11,13H2,1-2H3. The van der Waals surface area contributed by atoms with Gasteiger partial charge in [-0.3, -0.25) is 9.69 Å². The summed E-state index contributed by atoms with van der Waals surface area (Å²) in [4.78, 5) is 30.9. The number of hydrogen-bond donors (Lipinski definition) is 0. The number of carbonyl (C=O) groups is 1. The molecule has 0 bridgehead atoms. The second-order valence-corrected chi connectivity index (χ2v) is 8.79. The van der Waals surface area contributed by atoms with Crippen LogP contribution in [0.3, 0.4) is 0 Å². The van der Waals surface area contributed by atoms with Crippen LogP contribution in [0.25, 0.3) is 10.2 Å². The van der Waals surface area contributed by atoms with Crippen molar-refractivity contribution in [1.29, 1.82) is 0 Å². The fourth-order valence-electron chi connectivity index (χ4n) is 4.19. The zero-order valence-corrected chi connectivity index (χ0v) is 17.2. The van der Waals surface area contributed by atoms with Crippen molar-refractivity contribution in [2.45, 2.75) is 45.6 Å². The number of nitrogens with zero attached hydrogens (tertiary/aromatic N) is 5. The van der Waals surface area contributed by atoms with Crippen molar-refractivity contribution in [1.82, 2.24) is 19.8 Å². The Morgan fingerprint density at radius 1 is 1.19 bits per heavy atom. The smallest absolute Gasteiger partial charge is 0.236 e. The first kappa shape index (κ1) is 18.6. The van der Waals surface area contributed by atoms with E-state index in [-0.39, 0.29) is 0 Å². The summed E-state index contributed by atoms with van der Waals surface area (Å²) >= 11 is 1.76. The molecule has 146 valence electrons. The normalized spacial score (nSPS) is 21.8. The van der Waals surface area contributed by atoms with Gasteiger partial charge in [0.2, 0.25) is 5.91 Å². The number of fused-ring (bicyclic) bond motifs is 1. The Hall–Kier alpha value is -1.73. The highest BCUT2D eigenvalue weighted by atomic mass is 32.1. The number of thiophene rings is 1. The summed E-state index contributed by atoms with van der Waals surface area (Å²) in [5.41, 5.74) is 0. The highest BCUT2D eigenvalue weighted by Crippen LogP contribution is 2.31. The van der Waals surface area contributed by atoms with Gasteiger partial charge in [-0.1, -0.05) is 6.92 Å². The summed E-state index contributed by atoms with van der Waals surface area (Å²) in [7, 11) is 0. The number of piperidine rings is 1. The first-order valence-electron chi connectivity index (χ1n) is 10.2. The Kier molecular flexibility index (Phi) is 5.59. The lowest BCUT2D eigenvalue weighted by atomic mass is 10.0. The van der Waals surface area contributed by atoms with E-state index in [1.807, 2.05) is 0 Å². The van der Waals surface area contributed by atoms with Gasteiger partial charge in [-0.15, -0.1) is 11.3 Å². The number of carbonyl (C=O) groups excluding carboxylic acids is 1. The first-order valence-corrected chi connectivity index (χ1v) is 11.0. The molecule has 2 aromatic rings. The lowest BCUT2D eigenvalue weighted by molar-refractivity contribution is -0.135. The number of rotatable bonds is 4. The number of aromatic nitrogens is 2. The van der Waals surface area contributed by atoms with Gasteiger partial charge in [0.15, 0.2) is 0 Å². The number of amides is 1. The van der Waals surface area contributed by atoms with Crippen molar-refractivity contribution < 1.29 is 4.79 Å². The molecular weight excluding hydrogens is 358 g/mol. The summed E-state index contributed by atoms with van der Waals surface area (Å²) in [5, 5.41) is 1.17. The zero-order valence-electron chi connectivity index (χ0n) is 16.4. The summed E-state index contributed by atoms with van der Waals surface area (Å²) in [6, 6.07) is 2.64. The molecule has 2 aliphatic heterocycles. The third-order valence-corrected chi connectivity index (χ3v) is 7.05. The van der Waals surface area contributed by atoms with Crippen molar-refractivity contribution in [3.05, 3.63) is 17.3 Å². The maximum atomic E-state index is 12.7. The van der Waals surface area contributed by atoms with Crippen LogP contribution in [0.1, 0.15) is 38.0 Å². The van der Waals surface area contributed by atoms with E-state index in [2.05, 4.69) is 44.6 Å². The minimum Gasteiger partial charge on any atom is -0.353 e. The van der Waals surface area contributed by atoms with E-state index < -0.39 is 0 Å². The topological polar surface area (TPSA) is 52.6 Å². The number of hydrogen-bond acceptors (Lipinski definition) is 6. The van der Waals surface area contributed by atoms with E-state index in [9.17, 15) is 4.79 Å². The Morgan fingerprint density at radius 3 is 2.74 bits per heavy atom. The highest BCUT2D eigenvalue weighted by molar-refractivity contribution is 7.18. The summed E-state index contributed by atoms with van der Waals surface area (Å²) in [5.74, 6) is 1.34. The lowest BCUT2D eigenvalue weighted by Gasteiger charge is -2.38. The van der Waals surface area contributed by atoms with Gasteiger partial charge in [0.25, 0.3) is 0 Å². The van der Waals surface area contributed by atoms with Gasteiger partial charge >= 0.3 is 0 Å². The third-order valence-electron chi connectivity index (χ3n) is 5.86. The van der Waals surface area contributed by atoms with Crippen LogP contribution < -0.4 is 4.90 Å². The number of piperazine rings is 1. The van der Waals surface area contributed by atoms with Gasteiger partial charge in [-0.25, -0.2) is 9.97 Å². The molecule has 27 heavy (non-hydrogen) atoms. The molecule has 1 amide bonds. The average molecular weight is 388 g/mol. The molecule has 0 aromatic carbocycles. The number of anilines is 1. The third kappa shape index (κ3) is 3.94. The average Bonchev–Trinajstić information content (AvgIpc) is 3.12. The molecule has 0 aliphatic carbocycles. The molecule has 2 aromatic heterocycles. The monoisotopic (exact) mass is 387 g/mol. The van der Waals surface area contributed by atoms with Crippen LogP contribution in [0.15, 0.2) is 12.4 Å². The molecule has 2 saturated heterocycles. The zero-order chi connectivity index (χ0) is 18.8. The minimum atomic E-state index is 0.297. The van der Waals surface area contributed by atoms with Crippen LogP contribution in [-0.2, 0) is 11.2 Å². The van der Waals surface area contributed by atoms with Gasteiger partial charge in [-0.2, -0.15) is 0 Å². The molecule has 2 fully saturated rings. The molecule has 2 aliphatic rings. The predicted molar refractivity (Wildman–Crippen MR) is 110 cm³/mol. The predicted octanol–water partition coefficient (Wildman–Crippen LogP) is 2.78. The molecule has 1 atom stereocenters. The maximum absolute atomic E-state index is 12.7. The molecule has 0 radical (unpaired) electrons. The quantitative estimate of drug-likeness (QED) is 0.807. The van der Waals surface area contributed by atoms with Crippen LogP contribution in [0.5, 0.6) is 0 Å². The Morgan fingerprint density at radius 2 is 2.00 bits per heavy atom. The molecule has 0 N–H and O–H groups in total. The molecule has 1 unspecified atom stereocenters. The van der Waals surface area contributed by atoms with E-state index in [1.165, 1.54) is 16.7 Å². The van der Waals surface area contributed by atoms with Crippen LogP contribution in [0.2, 0.25) is 0 Å². The fourth-order valence-corrected chi connectivity index (χ4v) is 5.12. The van der Waals surface area contributed by atoms with Gasteiger partial charge in [-0.05, 0) is 38.7 Å². The van der Waals surface area contributed by atoms with Crippen molar-refractivity contribution in [2.24, 2.45) is 0 Å². The van der Waals surface area contributed by atoms with E-state index in [1.54, 1.807) is 17.7 Å². The Bertz CT molecular complexity index is 799. The van der Waals surface area contributed by atoms with E-state index in [0.29, 0.717) is 18.5 Å². The summed E-state index contributed by atoms with van der Waals surface area (Å²) < 4.78 is 0. The second kappa shape index (κ2) is 8.10. The fraction of sp³-hybridized carbons (Fsp3) is 0.650. The van der Waals surface area contributed by atoms with Gasteiger partial charge < -0.3 is 9.80 Å². The van der Waals surface area contributed by atoms with E-state index >= 15 is 0 Å². The first-order chi connectivity index (χ1) is 13.2. The van der Waals surface area contributed by atoms with Gasteiger partial charge in [0, 0.05) is 43.6 Å². The van der Waals surface area contributed by atoms with Crippen molar-refractivity contribution in [3.8, 4) is 0 Å². The van der Waals surface area contributed by atoms with Crippen molar-refractivity contribution in [2.75, 3.05) is 44.2 Å². The highest BCUT2D eigenvalue weighted by Gasteiger charge is 2.27. The van der Waals surface area contributed by atoms with Gasteiger partial charge in [0.05, 0.1) is 11.9 Å². The molecule has 4 rings (SSSR count). The van der Waals surface area contributed by atoms with Crippen LogP contribution in [0.4, 0.5) is 5.82 Å². The summed E-state index contributed by atoms with van der Waals surface area (Å²) in [6.45, 7) is 9.47. The number of aryl methyl sites for hydroxylation is 1. The molecular formula is C20H29N5OS. The van der Waals surface area contributed by atoms with Crippen molar-refractivity contribution >= 4 is 33.3 Å². The molecule has 0 saturated carbocycles. The van der Waals surface area contributed by atoms with Crippen LogP contribution in [0, 0.1) is 0 Å². The minimum absolute atomic E-state index is 0.297. The summed E-state index contributed by atoms with van der Waals surface area (Å²) in [6.07, 6.45) is 6.25.